The van der Waals surface area contributed by atoms with Crippen molar-refractivity contribution in [2.45, 2.75) is 50.6 Å². The average Bonchev–Trinajstić information content (AvgIpc) is 3.06. The Morgan fingerprint density at radius 3 is 1.65 bits per heavy atom. The van der Waals surface area contributed by atoms with Gasteiger partial charge in [0.25, 0.3) is 0 Å². The maximum absolute atomic E-state index is 13.0. The topological polar surface area (TPSA) is 6.48 Å². The summed E-state index contributed by atoms with van der Waals surface area (Å²) in [6.07, 6.45) is -4.36. The van der Waals surface area contributed by atoms with Crippen molar-refractivity contribution in [2.24, 2.45) is 0 Å². The van der Waals surface area contributed by atoms with Crippen molar-refractivity contribution in [1.82, 2.24) is 9.80 Å². The predicted octanol–water partition coefficient (Wildman–Crippen LogP) is 11.4. The summed E-state index contributed by atoms with van der Waals surface area (Å²) in [5.74, 6) is 0.162. The van der Waals surface area contributed by atoms with Crippen LogP contribution in [-0.4, -0.2) is 36.0 Å². The Bertz CT molecular complexity index is 1660. The highest BCUT2D eigenvalue weighted by atomic mass is 35.5. The van der Waals surface area contributed by atoms with Crippen LogP contribution in [0.2, 0.25) is 10.0 Å². The van der Waals surface area contributed by atoms with Crippen molar-refractivity contribution in [3.05, 3.63) is 147 Å². The monoisotopic (exact) mass is 704 g/mol. The van der Waals surface area contributed by atoms with E-state index >= 15 is 0 Å². The van der Waals surface area contributed by atoms with Crippen LogP contribution >= 0.6 is 23.2 Å². The minimum Gasteiger partial charge on any atom is -0.299 e. The van der Waals surface area contributed by atoms with E-state index < -0.39 is 23.5 Å². The highest BCUT2D eigenvalue weighted by molar-refractivity contribution is 6.31. The summed E-state index contributed by atoms with van der Waals surface area (Å²) >= 11 is 11.4. The molecule has 0 N–H and O–H groups in total. The Kier molecular flexibility index (Phi) is 12.0. The lowest BCUT2D eigenvalue weighted by Crippen LogP contribution is -2.32. The second-order valence-electron chi connectivity index (χ2n) is 12.2. The Morgan fingerprint density at radius 2 is 1.12 bits per heavy atom. The van der Waals surface area contributed by atoms with Crippen LogP contribution in [-0.2, 0) is 25.4 Å². The van der Waals surface area contributed by atoms with E-state index in [-0.39, 0.29) is 16.0 Å². The van der Waals surface area contributed by atoms with E-state index in [1.54, 1.807) is 12.1 Å². The minimum atomic E-state index is -4.43. The van der Waals surface area contributed by atoms with Crippen LogP contribution in [0.5, 0.6) is 0 Å². The molecule has 4 aromatic rings. The number of likely N-dealkylation sites (tertiary alicyclic amines) is 1. The summed E-state index contributed by atoms with van der Waals surface area (Å²) in [6, 6.07) is 28.9. The molecule has 0 atom stereocenters. The molecule has 0 aliphatic carbocycles. The van der Waals surface area contributed by atoms with Gasteiger partial charge in [0.1, 0.15) is 0 Å². The Hall–Kier alpha value is -3.30. The van der Waals surface area contributed by atoms with Crippen LogP contribution in [0.25, 0.3) is 5.57 Å². The Balaban J connectivity index is 0.000000188. The van der Waals surface area contributed by atoms with Gasteiger partial charge in [-0.1, -0.05) is 102 Å². The van der Waals surface area contributed by atoms with Gasteiger partial charge >= 0.3 is 12.4 Å². The molecule has 6 rings (SSSR count). The van der Waals surface area contributed by atoms with Gasteiger partial charge in [0.15, 0.2) is 0 Å². The number of hydrogen-bond acceptors (Lipinski definition) is 2. The van der Waals surface area contributed by atoms with E-state index in [4.69, 9.17) is 23.2 Å². The van der Waals surface area contributed by atoms with Crippen molar-refractivity contribution in [3.63, 3.8) is 0 Å². The summed E-state index contributed by atoms with van der Waals surface area (Å²) in [5, 5.41) is -0.485. The van der Waals surface area contributed by atoms with Crippen LogP contribution in [0.4, 0.5) is 26.3 Å². The summed E-state index contributed by atoms with van der Waals surface area (Å²) in [4.78, 5) is 4.63. The molecule has 10 heteroatoms. The number of nitrogens with zero attached hydrogens (tertiary/aromatic N) is 2. The minimum absolute atomic E-state index is 0.162. The molecule has 2 nitrogen and oxygen atoms in total. The molecular formula is C38H36Cl2F6N2. The van der Waals surface area contributed by atoms with Crippen LogP contribution in [0.3, 0.4) is 0 Å². The SMILES string of the molecule is FC(F)(F)c1cc(C2=CCN(Cc3ccccc3)CC2)ccc1Cl.FC(F)(F)c1cc(C2CCN(Cc3ccccc3)CC2)ccc1Cl. The lowest BCUT2D eigenvalue weighted by Gasteiger charge is -2.32. The fourth-order valence-electron chi connectivity index (χ4n) is 6.18. The second kappa shape index (κ2) is 15.9. The molecule has 2 aliphatic rings. The Morgan fingerprint density at radius 1 is 0.604 bits per heavy atom. The van der Waals surface area contributed by atoms with Gasteiger partial charge in [-0.25, -0.2) is 0 Å². The first kappa shape index (κ1) is 36.0. The molecule has 0 spiro atoms. The zero-order valence-electron chi connectivity index (χ0n) is 26.2. The quantitative estimate of drug-likeness (QED) is 0.184. The lowest BCUT2D eigenvalue weighted by molar-refractivity contribution is -0.138. The molecule has 0 radical (unpaired) electrons. The molecule has 0 saturated carbocycles. The van der Waals surface area contributed by atoms with E-state index in [9.17, 15) is 26.3 Å². The molecule has 2 aliphatic heterocycles. The molecule has 254 valence electrons. The van der Waals surface area contributed by atoms with Gasteiger partial charge in [0.05, 0.1) is 21.2 Å². The van der Waals surface area contributed by atoms with E-state index in [2.05, 4.69) is 34.1 Å². The fourth-order valence-corrected chi connectivity index (χ4v) is 6.63. The van der Waals surface area contributed by atoms with Gasteiger partial charge < -0.3 is 0 Å². The highest BCUT2D eigenvalue weighted by Gasteiger charge is 2.35. The molecule has 4 aromatic carbocycles. The number of benzene rings is 4. The number of hydrogen-bond donors (Lipinski definition) is 0. The summed E-state index contributed by atoms with van der Waals surface area (Å²) in [5.41, 5.74) is 3.29. The predicted molar refractivity (Wildman–Crippen MR) is 181 cm³/mol. The normalized spacial score (nSPS) is 16.6. The van der Waals surface area contributed by atoms with Crippen molar-refractivity contribution >= 4 is 28.8 Å². The van der Waals surface area contributed by atoms with Gasteiger partial charge in [0, 0.05) is 26.2 Å². The second-order valence-corrected chi connectivity index (χ2v) is 13.0. The molecular weight excluding hydrogens is 669 g/mol. The van der Waals surface area contributed by atoms with E-state index in [0.29, 0.717) is 5.56 Å². The molecule has 0 aromatic heterocycles. The molecule has 0 unspecified atom stereocenters. The number of alkyl halides is 6. The fraction of sp³-hybridized carbons (Fsp3) is 0.316. The first-order valence-electron chi connectivity index (χ1n) is 15.8. The lowest BCUT2D eigenvalue weighted by atomic mass is 9.88. The molecule has 0 amide bonds. The third-order valence-electron chi connectivity index (χ3n) is 8.79. The zero-order valence-corrected chi connectivity index (χ0v) is 27.7. The Labute approximate surface area is 287 Å². The summed E-state index contributed by atoms with van der Waals surface area (Å²) in [7, 11) is 0. The largest absolute Gasteiger partial charge is 0.417 e. The maximum Gasteiger partial charge on any atom is 0.417 e. The number of rotatable bonds is 6. The van der Waals surface area contributed by atoms with Crippen molar-refractivity contribution < 1.29 is 26.3 Å². The highest BCUT2D eigenvalue weighted by Crippen LogP contribution is 2.39. The molecule has 1 saturated heterocycles. The van der Waals surface area contributed by atoms with Crippen molar-refractivity contribution in [2.75, 3.05) is 26.2 Å². The molecule has 48 heavy (non-hydrogen) atoms. The van der Waals surface area contributed by atoms with Crippen LogP contribution in [0.1, 0.15) is 58.6 Å². The third kappa shape index (κ3) is 9.88. The standard InChI is InChI=1S/C19H19ClF3N.C19H17ClF3N/c2*20-18-7-6-16(12-17(18)19(21,22)23)15-8-10-24(11-9-15)13-14-4-2-1-3-5-14/h1-7,12,15H,8-11,13H2;1-8,12H,9-11,13H2. The third-order valence-corrected chi connectivity index (χ3v) is 9.45. The zero-order chi connectivity index (χ0) is 34.3. The maximum atomic E-state index is 13.0. The molecule has 0 bridgehead atoms. The van der Waals surface area contributed by atoms with Gasteiger partial charge in [-0.3, -0.25) is 9.80 Å². The van der Waals surface area contributed by atoms with E-state index in [0.717, 1.165) is 75.7 Å². The smallest absolute Gasteiger partial charge is 0.299 e. The van der Waals surface area contributed by atoms with E-state index in [1.165, 1.54) is 29.3 Å². The van der Waals surface area contributed by atoms with Crippen LogP contribution < -0.4 is 0 Å². The van der Waals surface area contributed by atoms with Gasteiger partial charge in [-0.15, -0.1) is 0 Å². The van der Waals surface area contributed by atoms with Crippen LogP contribution in [0, 0.1) is 0 Å². The van der Waals surface area contributed by atoms with Gasteiger partial charge in [-0.2, -0.15) is 26.3 Å². The number of halogens is 8. The molecule has 2 heterocycles. The van der Waals surface area contributed by atoms with Gasteiger partial charge in [-0.05, 0) is 90.4 Å². The average molecular weight is 706 g/mol. The molecule has 1 fully saturated rings. The van der Waals surface area contributed by atoms with Crippen molar-refractivity contribution in [3.8, 4) is 0 Å². The van der Waals surface area contributed by atoms with Gasteiger partial charge in [0.2, 0.25) is 0 Å². The van der Waals surface area contributed by atoms with E-state index in [1.807, 2.05) is 42.5 Å². The van der Waals surface area contributed by atoms with Crippen molar-refractivity contribution in [1.29, 1.82) is 0 Å². The summed E-state index contributed by atoms with van der Waals surface area (Å²) < 4.78 is 78.0. The summed E-state index contributed by atoms with van der Waals surface area (Å²) in [6.45, 7) is 5.08. The van der Waals surface area contributed by atoms with Crippen LogP contribution in [0.15, 0.2) is 103 Å². The number of piperidine rings is 1. The first-order valence-corrected chi connectivity index (χ1v) is 16.6. The first-order chi connectivity index (χ1) is 22.9.